The van der Waals surface area contributed by atoms with Crippen molar-refractivity contribution < 1.29 is 19.7 Å². The van der Waals surface area contributed by atoms with E-state index in [0.717, 1.165) is 0 Å². The average molecular weight is 163 g/mol. The molecule has 5 nitrogen and oxygen atoms in total. The molecule has 1 aliphatic rings. The predicted octanol–water partition coefficient (Wildman–Crippen LogP) is -1.96. The van der Waals surface area contributed by atoms with E-state index in [2.05, 4.69) is 0 Å². The van der Waals surface area contributed by atoms with Gasteiger partial charge in [-0.2, -0.15) is 0 Å². The third kappa shape index (κ3) is 1.69. The van der Waals surface area contributed by atoms with E-state index in [1.165, 1.54) is 7.11 Å². The van der Waals surface area contributed by atoms with E-state index in [4.69, 9.17) is 15.2 Å². The summed E-state index contributed by atoms with van der Waals surface area (Å²) in [5.74, 6) is 0. The smallest absolute Gasteiger partial charge is 0.185 e. The third-order valence-corrected chi connectivity index (χ3v) is 1.75. The monoisotopic (exact) mass is 163 g/mol. The molecule has 0 amide bonds. The molecule has 1 saturated heterocycles. The summed E-state index contributed by atoms with van der Waals surface area (Å²) in [5, 5.41) is 18.4. The fourth-order valence-electron chi connectivity index (χ4n) is 1.02. The van der Waals surface area contributed by atoms with Gasteiger partial charge in [-0.15, -0.1) is 0 Å². The topological polar surface area (TPSA) is 84.9 Å². The number of nitrogens with two attached hydrogens (primary N) is 1. The first-order valence-electron chi connectivity index (χ1n) is 3.43. The minimum atomic E-state index is -1.05. The Morgan fingerprint density at radius 2 is 2.09 bits per heavy atom. The molecule has 0 aliphatic carbocycles. The maximum Gasteiger partial charge on any atom is 0.185 e. The zero-order valence-corrected chi connectivity index (χ0v) is 6.30. The molecule has 0 aromatic carbocycles. The van der Waals surface area contributed by atoms with Crippen LogP contribution in [0.15, 0.2) is 0 Å². The highest BCUT2D eigenvalue weighted by Crippen LogP contribution is 2.14. The van der Waals surface area contributed by atoms with Gasteiger partial charge in [0.25, 0.3) is 0 Å². The van der Waals surface area contributed by atoms with Crippen LogP contribution in [-0.4, -0.2) is 48.5 Å². The number of rotatable bonds is 1. The lowest BCUT2D eigenvalue weighted by Gasteiger charge is -2.34. The molecule has 66 valence electrons. The van der Waals surface area contributed by atoms with Crippen LogP contribution in [-0.2, 0) is 9.47 Å². The second kappa shape index (κ2) is 3.46. The predicted molar refractivity (Wildman–Crippen MR) is 36.7 cm³/mol. The first-order valence-corrected chi connectivity index (χ1v) is 3.43. The summed E-state index contributed by atoms with van der Waals surface area (Å²) >= 11 is 0. The van der Waals surface area contributed by atoms with E-state index in [0.29, 0.717) is 0 Å². The largest absolute Gasteiger partial charge is 0.388 e. The van der Waals surface area contributed by atoms with Crippen molar-refractivity contribution in [3.8, 4) is 0 Å². The van der Waals surface area contributed by atoms with Gasteiger partial charge in [-0.25, -0.2) is 0 Å². The highest BCUT2D eigenvalue weighted by Gasteiger charge is 2.36. The van der Waals surface area contributed by atoms with Crippen molar-refractivity contribution in [2.45, 2.75) is 24.5 Å². The second-order valence-electron chi connectivity index (χ2n) is 2.58. The van der Waals surface area contributed by atoms with Gasteiger partial charge in [0.05, 0.1) is 12.6 Å². The number of aliphatic hydroxyl groups is 2. The van der Waals surface area contributed by atoms with Crippen molar-refractivity contribution in [2.75, 3.05) is 13.7 Å². The molecule has 1 aliphatic heterocycles. The zero-order chi connectivity index (χ0) is 8.43. The first-order chi connectivity index (χ1) is 5.16. The van der Waals surface area contributed by atoms with Crippen LogP contribution in [0.5, 0.6) is 0 Å². The standard InChI is InChI=1S/C6H13NO4/c1-10-6-5(9)4(8)3(7)2-11-6/h3-6,8-9H,2,7H2,1H3/t3-,4-,5+,6-/m0/s1. The summed E-state index contributed by atoms with van der Waals surface area (Å²) < 4.78 is 9.70. The molecule has 0 aromatic heterocycles. The summed E-state index contributed by atoms with van der Waals surface area (Å²) in [6.45, 7) is 0.205. The van der Waals surface area contributed by atoms with Gasteiger partial charge in [0.2, 0.25) is 0 Å². The van der Waals surface area contributed by atoms with E-state index in [1.807, 2.05) is 0 Å². The normalized spacial score (nSPS) is 45.8. The van der Waals surface area contributed by atoms with Gasteiger partial charge in [0.15, 0.2) is 6.29 Å². The van der Waals surface area contributed by atoms with Gasteiger partial charge in [-0.05, 0) is 0 Å². The molecular weight excluding hydrogens is 150 g/mol. The Morgan fingerprint density at radius 1 is 1.45 bits per heavy atom. The first kappa shape index (κ1) is 8.89. The fraction of sp³-hybridized carbons (Fsp3) is 1.00. The molecule has 4 atom stereocenters. The molecule has 0 radical (unpaired) electrons. The minimum Gasteiger partial charge on any atom is -0.388 e. The second-order valence-corrected chi connectivity index (χ2v) is 2.58. The Kier molecular flexibility index (Phi) is 2.80. The van der Waals surface area contributed by atoms with Crippen LogP contribution >= 0.6 is 0 Å². The number of methoxy groups -OCH3 is 1. The summed E-state index contributed by atoms with van der Waals surface area (Å²) in [6.07, 6.45) is -2.78. The van der Waals surface area contributed by atoms with Crippen LogP contribution in [0.3, 0.4) is 0 Å². The van der Waals surface area contributed by atoms with E-state index in [-0.39, 0.29) is 6.61 Å². The molecule has 0 spiro atoms. The molecule has 0 aromatic rings. The number of hydrogen-bond acceptors (Lipinski definition) is 5. The lowest BCUT2D eigenvalue weighted by Crippen LogP contribution is -2.56. The van der Waals surface area contributed by atoms with Gasteiger partial charge in [0, 0.05) is 7.11 Å². The van der Waals surface area contributed by atoms with Crippen LogP contribution < -0.4 is 5.73 Å². The van der Waals surface area contributed by atoms with Crippen molar-refractivity contribution in [2.24, 2.45) is 5.73 Å². The van der Waals surface area contributed by atoms with E-state index < -0.39 is 24.5 Å². The Balaban J connectivity index is 2.52. The Labute approximate surface area is 64.7 Å². The summed E-state index contributed by atoms with van der Waals surface area (Å²) in [5.41, 5.74) is 5.40. The van der Waals surface area contributed by atoms with Crippen molar-refractivity contribution in [3.05, 3.63) is 0 Å². The van der Waals surface area contributed by atoms with Crippen molar-refractivity contribution in [3.63, 3.8) is 0 Å². The van der Waals surface area contributed by atoms with E-state index in [1.54, 1.807) is 0 Å². The maximum atomic E-state index is 9.23. The third-order valence-electron chi connectivity index (χ3n) is 1.75. The summed E-state index contributed by atoms with van der Waals surface area (Å²) in [6, 6.07) is -0.531. The Morgan fingerprint density at radius 3 is 2.64 bits per heavy atom. The lowest BCUT2D eigenvalue weighted by atomic mass is 10.0. The Hall–Kier alpha value is -0.200. The highest BCUT2D eigenvalue weighted by atomic mass is 16.7. The van der Waals surface area contributed by atoms with Crippen LogP contribution in [0.1, 0.15) is 0 Å². The van der Waals surface area contributed by atoms with Gasteiger partial charge in [-0.3, -0.25) is 0 Å². The molecule has 1 fully saturated rings. The van der Waals surface area contributed by atoms with Gasteiger partial charge < -0.3 is 25.4 Å². The Bertz CT molecular complexity index is 130. The van der Waals surface area contributed by atoms with Crippen LogP contribution in [0.4, 0.5) is 0 Å². The van der Waals surface area contributed by atoms with Crippen LogP contribution in [0, 0.1) is 0 Å². The molecular formula is C6H13NO4. The van der Waals surface area contributed by atoms with Gasteiger partial charge in [0.1, 0.15) is 12.2 Å². The average Bonchev–Trinajstić information content (AvgIpc) is 2.01. The molecule has 0 unspecified atom stereocenters. The van der Waals surface area contributed by atoms with E-state index in [9.17, 15) is 10.2 Å². The SMILES string of the molecule is CO[C@H]1OC[C@H](N)[C@H](O)[C@H]1O. The maximum absolute atomic E-state index is 9.23. The summed E-state index contributed by atoms with van der Waals surface area (Å²) in [4.78, 5) is 0. The zero-order valence-electron chi connectivity index (χ0n) is 6.30. The minimum absolute atomic E-state index is 0.205. The van der Waals surface area contributed by atoms with Crippen molar-refractivity contribution >= 4 is 0 Å². The molecule has 1 heterocycles. The number of hydrogen-bond donors (Lipinski definition) is 3. The van der Waals surface area contributed by atoms with E-state index >= 15 is 0 Å². The molecule has 0 bridgehead atoms. The molecule has 4 N–H and O–H groups in total. The van der Waals surface area contributed by atoms with Gasteiger partial charge in [-0.1, -0.05) is 0 Å². The van der Waals surface area contributed by atoms with Crippen LogP contribution in [0.2, 0.25) is 0 Å². The summed E-state index contributed by atoms with van der Waals surface area (Å²) in [7, 11) is 1.40. The van der Waals surface area contributed by atoms with Crippen molar-refractivity contribution in [1.82, 2.24) is 0 Å². The van der Waals surface area contributed by atoms with Gasteiger partial charge >= 0.3 is 0 Å². The quantitative estimate of drug-likeness (QED) is 0.418. The molecule has 11 heavy (non-hydrogen) atoms. The highest BCUT2D eigenvalue weighted by molar-refractivity contribution is 4.84. The molecule has 0 saturated carbocycles. The molecule has 5 heteroatoms. The molecule has 1 rings (SSSR count). The number of aliphatic hydroxyl groups excluding tert-OH is 2. The van der Waals surface area contributed by atoms with Crippen molar-refractivity contribution in [1.29, 1.82) is 0 Å². The lowest BCUT2D eigenvalue weighted by molar-refractivity contribution is -0.237. The van der Waals surface area contributed by atoms with Crippen LogP contribution in [0.25, 0.3) is 0 Å². The number of ether oxygens (including phenoxy) is 2. The fourth-order valence-corrected chi connectivity index (χ4v) is 1.02.